The molecule has 1 heterocycles. The van der Waals surface area contributed by atoms with E-state index in [-0.39, 0.29) is 10.8 Å². The smallest absolute Gasteiger partial charge is 0.261 e. The second-order valence-electron chi connectivity index (χ2n) is 6.80. The van der Waals surface area contributed by atoms with Gasteiger partial charge in [-0.2, -0.15) is 0 Å². The number of nitrogens with one attached hydrogen (secondary N) is 2. The molecule has 1 aromatic heterocycles. The Bertz CT molecular complexity index is 1100. The van der Waals surface area contributed by atoms with Crippen LogP contribution in [0.15, 0.2) is 71.9 Å². The van der Waals surface area contributed by atoms with Gasteiger partial charge in [-0.3, -0.25) is 14.5 Å². The minimum Gasteiger partial charge on any atom is -0.352 e. The molecular weight excluding hydrogens is 386 g/mol. The first-order valence-corrected chi connectivity index (χ1v) is 10.7. The van der Waals surface area contributed by atoms with Gasteiger partial charge in [0, 0.05) is 30.2 Å². The van der Waals surface area contributed by atoms with Gasteiger partial charge in [-0.25, -0.2) is 8.42 Å². The number of rotatable bonds is 7. The molecule has 2 aromatic carbocycles. The zero-order chi connectivity index (χ0) is 20.9. The lowest BCUT2D eigenvalue weighted by Crippen LogP contribution is -2.25. The maximum Gasteiger partial charge on any atom is 0.261 e. The highest BCUT2D eigenvalue weighted by Gasteiger charge is 2.15. The number of amides is 1. The Morgan fingerprint density at radius 2 is 1.76 bits per heavy atom. The number of pyridine rings is 1. The lowest BCUT2D eigenvalue weighted by Gasteiger charge is -2.10. The number of anilines is 1. The molecule has 0 aliphatic carbocycles. The number of aromatic nitrogens is 1. The van der Waals surface area contributed by atoms with Crippen molar-refractivity contribution in [3.63, 3.8) is 0 Å². The van der Waals surface area contributed by atoms with E-state index >= 15 is 0 Å². The molecule has 0 bridgehead atoms. The average Bonchev–Trinajstić information content (AvgIpc) is 2.71. The Hall–Kier alpha value is -3.19. The van der Waals surface area contributed by atoms with E-state index in [1.54, 1.807) is 54.9 Å². The Labute approximate surface area is 171 Å². The second kappa shape index (κ2) is 8.87. The van der Waals surface area contributed by atoms with Gasteiger partial charge in [0.25, 0.3) is 15.9 Å². The lowest BCUT2D eigenvalue weighted by atomic mass is 10.1. The Morgan fingerprint density at radius 3 is 2.41 bits per heavy atom. The van der Waals surface area contributed by atoms with E-state index in [9.17, 15) is 13.2 Å². The largest absolute Gasteiger partial charge is 0.352 e. The molecule has 0 fully saturated rings. The van der Waals surface area contributed by atoms with E-state index < -0.39 is 10.0 Å². The molecule has 0 aliphatic rings. The molecule has 0 saturated heterocycles. The Morgan fingerprint density at radius 1 is 1.00 bits per heavy atom. The van der Waals surface area contributed by atoms with Crippen LogP contribution in [0.4, 0.5) is 5.69 Å². The molecule has 7 heteroatoms. The molecule has 0 aliphatic heterocycles. The van der Waals surface area contributed by atoms with E-state index in [4.69, 9.17) is 0 Å². The van der Waals surface area contributed by atoms with Gasteiger partial charge < -0.3 is 5.32 Å². The number of aryl methyl sites for hydroxylation is 2. The molecule has 0 spiro atoms. The molecule has 150 valence electrons. The minimum absolute atomic E-state index is 0.206. The molecule has 1 amide bonds. The monoisotopic (exact) mass is 409 g/mol. The van der Waals surface area contributed by atoms with Gasteiger partial charge in [-0.1, -0.05) is 12.1 Å². The third-order valence-corrected chi connectivity index (χ3v) is 5.99. The molecule has 0 unspecified atom stereocenters. The van der Waals surface area contributed by atoms with Crippen molar-refractivity contribution in [1.29, 1.82) is 0 Å². The molecule has 0 saturated carbocycles. The van der Waals surface area contributed by atoms with E-state index in [1.165, 1.54) is 0 Å². The number of hydrogen-bond acceptors (Lipinski definition) is 4. The van der Waals surface area contributed by atoms with Crippen LogP contribution < -0.4 is 10.0 Å². The van der Waals surface area contributed by atoms with Gasteiger partial charge in [0.2, 0.25) is 0 Å². The zero-order valence-corrected chi connectivity index (χ0v) is 17.2. The molecule has 2 N–H and O–H groups in total. The van der Waals surface area contributed by atoms with Crippen molar-refractivity contribution in [2.75, 3.05) is 11.3 Å². The fourth-order valence-electron chi connectivity index (χ4n) is 2.75. The Kier molecular flexibility index (Phi) is 6.29. The number of sulfonamides is 1. The van der Waals surface area contributed by atoms with Crippen molar-refractivity contribution in [1.82, 2.24) is 10.3 Å². The van der Waals surface area contributed by atoms with Crippen molar-refractivity contribution < 1.29 is 13.2 Å². The van der Waals surface area contributed by atoms with Gasteiger partial charge >= 0.3 is 0 Å². The van der Waals surface area contributed by atoms with Crippen molar-refractivity contribution in [3.8, 4) is 0 Å². The molecule has 0 radical (unpaired) electrons. The average molecular weight is 410 g/mol. The van der Waals surface area contributed by atoms with Crippen LogP contribution in [0.2, 0.25) is 0 Å². The summed E-state index contributed by atoms with van der Waals surface area (Å²) in [6, 6.07) is 15.2. The standard InChI is InChI=1S/C22H23N3O3S/c1-16-5-10-21(14-17(16)2)29(27,28)25-20-8-6-19(7-9-20)22(26)24-13-11-18-4-3-12-23-15-18/h3-10,12,14-15,25H,11,13H2,1-2H3,(H,24,26). The summed E-state index contributed by atoms with van der Waals surface area (Å²) in [5.41, 5.74) is 3.85. The van der Waals surface area contributed by atoms with Gasteiger partial charge in [0.15, 0.2) is 0 Å². The number of hydrogen-bond donors (Lipinski definition) is 2. The van der Waals surface area contributed by atoms with Crippen molar-refractivity contribution in [2.45, 2.75) is 25.2 Å². The van der Waals surface area contributed by atoms with Crippen LogP contribution in [0.25, 0.3) is 0 Å². The summed E-state index contributed by atoms with van der Waals surface area (Å²) < 4.78 is 27.7. The van der Waals surface area contributed by atoms with Crippen molar-refractivity contribution in [3.05, 3.63) is 89.2 Å². The van der Waals surface area contributed by atoms with Gasteiger partial charge in [0.05, 0.1) is 4.90 Å². The summed E-state index contributed by atoms with van der Waals surface area (Å²) in [6.45, 7) is 4.29. The fraction of sp³-hybridized carbons (Fsp3) is 0.182. The van der Waals surface area contributed by atoms with Crippen molar-refractivity contribution >= 4 is 21.6 Å². The third-order valence-electron chi connectivity index (χ3n) is 4.61. The van der Waals surface area contributed by atoms with Crippen LogP contribution in [0.3, 0.4) is 0 Å². The van der Waals surface area contributed by atoms with Crippen LogP contribution >= 0.6 is 0 Å². The normalized spacial score (nSPS) is 11.1. The fourth-order valence-corrected chi connectivity index (χ4v) is 3.90. The van der Waals surface area contributed by atoms with Gasteiger partial charge in [0.1, 0.15) is 0 Å². The second-order valence-corrected chi connectivity index (χ2v) is 8.48. The topological polar surface area (TPSA) is 88.2 Å². The van der Waals surface area contributed by atoms with Crippen molar-refractivity contribution in [2.24, 2.45) is 0 Å². The zero-order valence-electron chi connectivity index (χ0n) is 16.3. The van der Waals surface area contributed by atoms with Gasteiger partial charge in [-0.05, 0) is 79.4 Å². The molecule has 6 nitrogen and oxygen atoms in total. The molecule has 3 aromatic rings. The summed E-state index contributed by atoms with van der Waals surface area (Å²) in [6.07, 6.45) is 4.16. The van der Waals surface area contributed by atoms with Gasteiger partial charge in [-0.15, -0.1) is 0 Å². The SMILES string of the molecule is Cc1ccc(S(=O)(=O)Nc2ccc(C(=O)NCCc3cccnc3)cc2)cc1C. The number of benzene rings is 2. The summed E-state index contributed by atoms with van der Waals surface area (Å²) in [5, 5.41) is 2.85. The molecular formula is C22H23N3O3S. The lowest BCUT2D eigenvalue weighted by molar-refractivity contribution is 0.0954. The van der Waals surface area contributed by atoms with E-state index in [1.807, 2.05) is 26.0 Å². The maximum absolute atomic E-state index is 12.6. The highest BCUT2D eigenvalue weighted by atomic mass is 32.2. The molecule has 0 atom stereocenters. The first-order chi connectivity index (χ1) is 13.8. The summed E-state index contributed by atoms with van der Waals surface area (Å²) in [5.74, 6) is -0.211. The molecule has 29 heavy (non-hydrogen) atoms. The van der Waals surface area contributed by atoms with Crippen LogP contribution in [-0.2, 0) is 16.4 Å². The third kappa shape index (κ3) is 5.42. The van der Waals surface area contributed by atoms with Crippen LogP contribution in [0.1, 0.15) is 27.0 Å². The van der Waals surface area contributed by atoms with E-state index in [0.29, 0.717) is 24.2 Å². The maximum atomic E-state index is 12.6. The number of nitrogens with zero attached hydrogens (tertiary/aromatic N) is 1. The summed E-state index contributed by atoms with van der Waals surface area (Å²) in [7, 11) is -3.69. The van der Waals surface area contributed by atoms with Crippen LogP contribution in [-0.4, -0.2) is 25.9 Å². The van der Waals surface area contributed by atoms with Crippen LogP contribution in [0, 0.1) is 13.8 Å². The minimum atomic E-state index is -3.69. The van der Waals surface area contributed by atoms with Crippen LogP contribution in [0.5, 0.6) is 0 Å². The highest BCUT2D eigenvalue weighted by Crippen LogP contribution is 2.19. The van der Waals surface area contributed by atoms with E-state index in [2.05, 4.69) is 15.0 Å². The first kappa shape index (κ1) is 20.5. The first-order valence-electron chi connectivity index (χ1n) is 9.22. The summed E-state index contributed by atoms with van der Waals surface area (Å²) in [4.78, 5) is 16.5. The molecule has 3 rings (SSSR count). The van der Waals surface area contributed by atoms with E-state index in [0.717, 1.165) is 16.7 Å². The Balaban J connectivity index is 1.60. The number of carbonyl (C=O) groups is 1. The number of carbonyl (C=O) groups excluding carboxylic acids is 1. The summed E-state index contributed by atoms with van der Waals surface area (Å²) >= 11 is 0. The predicted molar refractivity (Wildman–Crippen MR) is 113 cm³/mol. The quantitative estimate of drug-likeness (QED) is 0.625. The highest BCUT2D eigenvalue weighted by molar-refractivity contribution is 7.92. The predicted octanol–water partition coefficient (Wildman–Crippen LogP) is 3.47.